The van der Waals surface area contributed by atoms with Crippen molar-refractivity contribution in [2.24, 2.45) is 0 Å². The van der Waals surface area contributed by atoms with Crippen molar-refractivity contribution in [1.29, 1.82) is 0 Å². The number of fused-ring (bicyclic) bond motifs is 2. The highest BCUT2D eigenvalue weighted by atomic mass is 79.9. The molecule has 2 fully saturated rings. The van der Waals surface area contributed by atoms with Crippen LogP contribution in [0.5, 0.6) is 11.5 Å². The Bertz CT molecular complexity index is 2050. The third-order valence-corrected chi connectivity index (χ3v) is 11.8. The van der Waals surface area contributed by atoms with Crippen LogP contribution in [-0.4, -0.2) is 76.9 Å². The van der Waals surface area contributed by atoms with Crippen molar-refractivity contribution in [2.75, 3.05) is 38.7 Å². The zero-order chi connectivity index (χ0) is 38.5. The second-order valence-corrected chi connectivity index (χ2v) is 16.0. The van der Waals surface area contributed by atoms with E-state index in [0.717, 1.165) is 77.6 Å². The van der Waals surface area contributed by atoms with Gasteiger partial charge in [0.25, 0.3) is 5.91 Å². The van der Waals surface area contributed by atoms with Gasteiger partial charge in [0.05, 0.1) is 25.3 Å². The molecular formula is C43H51BrN6O5. The van der Waals surface area contributed by atoms with Crippen molar-refractivity contribution in [1.82, 2.24) is 25.1 Å². The van der Waals surface area contributed by atoms with Gasteiger partial charge in [-0.25, -0.2) is 9.97 Å². The lowest BCUT2D eigenvalue weighted by Crippen LogP contribution is -2.52. The largest absolute Gasteiger partial charge is 0.493 e. The van der Waals surface area contributed by atoms with Crippen molar-refractivity contribution < 1.29 is 23.9 Å². The highest BCUT2D eigenvalue weighted by Crippen LogP contribution is 2.38. The number of methoxy groups -OCH3 is 1. The van der Waals surface area contributed by atoms with Crippen molar-refractivity contribution in [3.8, 4) is 11.5 Å². The number of unbranched alkanes of at least 4 members (excludes halogenated alkanes) is 4. The first-order valence-electron chi connectivity index (χ1n) is 19.7. The number of hydrogen-bond donors (Lipinski definition) is 2. The molecule has 11 nitrogen and oxygen atoms in total. The molecule has 7 rings (SSSR count). The number of ether oxygens (including phenoxy) is 2. The molecule has 3 aromatic carbocycles. The zero-order valence-corrected chi connectivity index (χ0v) is 33.6. The highest BCUT2D eigenvalue weighted by Gasteiger charge is 2.40. The van der Waals surface area contributed by atoms with Crippen LogP contribution in [0.25, 0.3) is 10.9 Å². The van der Waals surface area contributed by atoms with E-state index in [-0.39, 0.29) is 30.2 Å². The van der Waals surface area contributed by atoms with Gasteiger partial charge in [0, 0.05) is 34.5 Å². The number of nitrogens with zero attached hydrogens (tertiary/aromatic N) is 4. The summed E-state index contributed by atoms with van der Waals surface area (Å²) in [6.07, 6.45) is 8.38. The Labute approximate surface area is 331 Å². The molecule has 55 heavy (non-hydrogen) atoms. The van der Waals surface area contributed by atoms with Crippen molar-refractivity contribution in [3.05, 3.63) is 87.1 Å². The van der Waals surface area contributed by atoms with Gasteiger partial charge in [-0.3, -0.25) is 19.7 Å². The first-order chi connectivity index (χ1) is 26.7. The van der Waals surface area contributed by atoms with Crippen LogP contribution in [0.3, 0.4) is 0 Å². The van der Waals surface area contributed by atoms with E-state index in [0.29, 0.717) is 48.4 Å². The van der Waals surface area contributed by atoms with E-state index in [1.54, 1.807) is 12.0 Å². The molecule has 1 aromatic heterocycles. The van der Waals surface area contributed by atoms with Crippen LogP contribution >= 0.6 is 15.9 Å². The molecule has 4 heterocycles. The smallest absolute Gasteiger partial charge is 0.255 e. The average Bonchev–Trinajstić information content (AvgIpc) is 3.51. The zero-order valence-electron chi connectivity index (χ0n) is 32.0. The van der Waals surface area contributed by atoms with Gasteiger partial charge < -0.3 is 24.6 Å². The second kappa shape index (κ2) is 17.5. The van der Waals surface area contributed by atoms with Crippen molar-refractivity contribution in [3.63, 3.8) is 0 Å². The van der Waals surface area contributed by atoms with Crippen molar-refractivity contribution in [2.45, 2.75) is 96.2 Å². The number of carbonyl (C=O) groups is 3. The Hall–Kier alpha value is -4.55. The Kier molecular flexibility index (Phi) is 12.3. The molecule has 2 atom stereocenters. The molecule has 3 amide bonds. The predicted molar refractivity (Wildman–Crippen MR) is 216 cm³/mol. The van der Waals surface area contributed by atoms with Gasteiger partial charge in [0.15, 0.2) is 11.5 Å². The molecule has 0 spiro atoms. The minimum absolute atomic E-state index is 0.0435. The number of benzene rings is 3. The molecule has 4 aromatic rings. The molecule has 12 heteroatoms. The summed E-state index contributed by atoms with van der Waals surface area (Å²) in [5.41, 5.74) is 4.99. The quantitative estimate of drug-likeness (QED) is 0.0912. The Morgan fingerprint density at radius 1 is 0.945 bits per heavy atom. The minimum atomic E-state index is -0.581. The van der Waals surface area contributed by atoms with Gasteiger partial charge in [-0.1, -0.05) is 59.5 Å². The van der Waals surface area contributed by atoms with E-state index in [1.165, 1.54) is 24.8 Å². The number of imide groups is 1. The first-order valence-corrected chi connectivity index (χ1v) is 20.5. The maximum atomic E-state index is 13.3. The van der Waals surface area contributed by atoms with E-state index < -0.39 is 6.04 Å². The van der Waals surface area contributed by atoms with Gasteiger partial charge in [0.2, 0.25) is 11.8 Å². The van der Waals surface area contributed by atoms with Crippen LogP contribution in [0.1, 0.15) is 110 Å². The first kappa shape index (κ1) is 38.7. The Morgan fingerprint density at radius 3 is 2.51 bits per heavy atom. The Morgan fingerprint density at radius 2 is 1.73 bits per heavy atom. The second-order valence-electron chi connectivity index (χ2n) is 15.1. The van der Waals surface area contributed by atoms with Crippen LogP contribution in [-0.2, 0) is 16.1 Å². The number of amides is 3. The Balaban J connectivity index is 0.830. The number of nitrogens with one attached hydrogen (secondary N) is 2. The summed E-state index contributed by atoms with van der Waals surface area (Å²) < 4.78 is 13.0. The summed E-state index contributed by atoms with van der Waals surface area (Å²) in [5.74, 6) is 2.50. The summed E-state index contributed by atoms with van der Waals surface area (Å²) in [4.78, 5) is 51.2. The van der Waals surface area contributed by atoms with E-state index >= 15 is 0 Å². The molecule has 290 valence electrons. The third-order valence-electron chi connectivity index (χ3n) is 11.3. The molecule has 0 bridgehead atoms. The summed E-state index contributed by atoms with van der Waals surface area (Å²) in [5, 5.41) is 6.86. The fourth-order valence-electron chi connectivity index (χ4n) is 8.31. The molecule has 3 aliphatic rings. The van der Waals surface area contributed by atoms with E-state index in [9.17, 15) is 14.4 Å². The number of aromatic nitrogens is 2. The topological polar surface area (TPSA) is 126 Å². The van der Waals surface area contributed by atoms with Gasteiger partial charge >= 0.3 is 0 Å². The van der Waals surface area contributed by atoms with Crippen LogP contribution in [0.15, 0.2) is 59.1 Å². The molecule has 2 saturated heterocycles. The maximum Gasteiger partial charge on any atom is 0.255 e. The van der Waals surface area contributed by atoms with E-state index in [2.05, 4.69) is 56.6 Å². The molecule has 3 aliphatic heterocycles. The van der Waals surface area contributed by atoms with Crippen LogP contribution < -0.4 is 20.1 Å². The number of rotatable bonds is 15. The van der Waals surface area contributed by atoms with Gasteiger partial charge in [-0.05, 0) is 112 Å². The fourth-order valence-corrected chi connectivity index (χ4v) is 8.73. The summed E-state index contributed by atoms with van der Waals surface area (Å²) in [7, 11) is 1.66. The number of carbonyl (C=O) groups excluding carboxylic acids is 3. The number of likely N-dealkylation sites (tertiary alicyclic amines) is 1. The SMILES string of the molecule is COc1cc2c(N[C@H](C)c3cccc(Br)c3)nc(C)nc2cc1OCCCCCCCN1CCC(c2cccc3c2CN(C2CCC(=O)NC2=O)C3=O)CC1. The third kappa shape index (κ3) is 8.96. The normalized spacial score (nSPS) is 18.4. The van der Waals surface area contributed by atoms with Gasteiger partial charge in [-0.2, -0.15) is 0 Å². The number of anilines is 1. The summed E-state index contributed by atoms with van der Waals surface area (Å²) in [6, 6.07) is 17.7. The van der Waals surface area contributed by atoms with E-state index in [1.807, 2.05) is 43.3 Å². The number of piperidine rings is 2. The van der Waals surface area contributed by atoms with Crippen LogP contribution in [0.2, 0.25) is 0 Å². The predicted octanol–water partition coefficient (Wildman–Crippen LogP) is 7.85. The average molecular weight is 812 g/mol. The lowest BCUT2D eigenvalue weighted by molar-refractivity contribution is -0.136. The van der Waals surface area contributed by atoms with Crippen molar-refractivity contribution >= 4 is 50.4 Å². The summed E-state index contributed by atoms with van der Waals surface area (Å²) >= 11 is 3.57. The standard InChI is InChI=1S/C43H51BrN6O5/c1-27(30-11-9-12-31(44)23-30)45-41-34-24-38(54-3)39(25-36(34)46-28(2)47-41)55-22-8-6-4-5-7-19-49-20-17-29(18-21-49)32-13-10-14-33-35(32)26-50(43(33)53)37-15-16-40(51)48-42(37)52/h9-14,23-25,27,29,37H,4-8,15-22,26H2,1-3H3,(H,45,46,47)(H,48,51,52)/t27-,37?/m1/s1. The minimum Gasteiger partial charge on any atom is -0.493 e. The number of halogens is 1. The lowest BCUT2D eigenvalue weighted by atomic mass is 9.85. The van der Waals surface area contributed by atoms with Gasteiger partial charge in [0.1, 0.15) is 17.7 Å². The molecule has 0 saturated carbocycles. The molecule has 1 unspecified atom stereocenters. The molecule has 0 radical (unpaired) electrons. The highest BCUT2D eigenvalue weighted by molar-refractivity contribution is 9.10. The lowest BCUT2D eigenvalue weighted by Gasteiger charge is -2.33. The molecule has 0 aliphatic carbocycles. The fraction of sp³-hybridized carbons (Fsp3) is 0.465. The monoisotopic (exact) mass is 810 g/mol. The van der Waals surface area contributed by atoms with E-state index in [4.69, 9.17) is 19.4 Å². The molecular weight excluding hydrogens is 760 g/mol. The number of aryl methyl sites for hydroxylation is 1. The maximum absolute atomic E-state index is 13.3. The van der Waals surface area contributed by atoms with Gasteiger partial charge in [-0.15, -0.1) is 0 Å². The molecule has 2 N–H and O–H groups in total. The van der Waals surface area contributed by atoms with Crippen LogP contribution in [0, 0.1) is 6.92 Å². The summed E-state index contributed by atoms with van der Waals surface area (Å²) in [6.45, 7) is 8.28. The number of hydrogen-bond acceptors (Lipinski definition) is 9. The van der Waals surface area contributed by atoms with Crippen LogP contribution in [0.4, 0.5) is 5.82 Å².